The Morgan fingerprint density at radius 3 is 2.43 bits per heavy atom. The summed E-state index contributed by atoms with van der Waals surface area (Å²) in [5.41, 5.74) is 2.32. The van der Waals surface area contributed by atoms with E-state index in [9.17, 15) is 0 Å². The van der Waals surface area contributed by atoms with E-state index in [1.165, 1.54) is 5.69 Å². The summed E-state index contributed by atoms with van der Waals surface area (Å²) in [7, 11) is 0. The van der Waals surface area contributed by atoms with Crippen molar-refractivity contribution in [2.24, 2.45) is 0 Å². The molecule has 76 valence electrons. The molecule has 0 unspecified atom stereocenters. The number of nitriles is 1. The fraction of sp³-hybridized carbons (Fsp3) is 0.636. The molecule has 0 spiro atoms. The molecule has 0 fully saturated rings. The number of hydrogen-bond donors (Lipinski definition) is 0. The predicted molar refractivity (Wildman–Crippen MR) is 56.0 cm³/mol. The maximum Gasteiger partial charge on any atom is 0.111 e. The molecule has 0 aromatic carbocycles. The molecule has 0 atom stereocenters. The average Bonchev–Trinajstić information content (AvgIpc) is 2.48. The molecule has 1 aromatic rings. The minimum atomic E-state index is 0.396. The molecule has 0 saturated heterocycles. The van der Waals surface area contributed by atoms with Crippen molar-refractivity contribution < 1.29 is 0 Å². The minimum Gasteiger partial charge on any atom is -0.320 e. The third kappa shape index (κ3) is 1.95. The van der Waals surface area contributed by atoms with Crippen molar-refractivity contribution >= 4 is 0 Å². The van der Waals surface area contributed by atoms with E-state index in [-0.39, 0.29) is 0 Å². The second-order valence-corrected chi connectivity index (χ2v) is 4.11. The van der Waals surface area contributed by atoms with E-state index in [1.807, 2.05) is 4.57 Å². The molecule has 0 aliphatic heterocycles. The smallest absolute Gasteiger partial charge is 0.111 e. The number of rotatable bonds is 3. The van der Waals surface area contributed by atoms with Crippen molar-refractivity contribution in [2.75, 3.05) is 0 Å². The summed E-state index contributed by atoms with van der Waals surface area (Å²) in [6.45, 7) is 8.93. The Bertz CT molecular complexity index is 342. The topological polar surface area (TPSA) is 41.6 Å². The van der Waals surface area contributed by atoms with Gasteiger partial charge in [0.15, 0.2) is 0 Å². The van der Waals surface area contributed by atoms with Crippen LogP contribution in [0, 0.1) is 11.3 Å². The van der Waals surface area contributed by atoms with Gasteiger partial charge >= 0.3 is 0 Å². The Balaban J connectivity index is 3.15. The quantitative estimate of drug-likeness (QED) is 0.737. The van der Waals surface area contributed by atoms with E-state index in [0.717, 1.165) is 5.69 Å². The lowest BCUT2D eigenvalue weighted by molar-refractivity contribution is 0.685. The molecule has 0 saturated carbocycles. The lowest BCUT2D eigenvalue weighted by atomic mass is 10.0. The van der Waals surface area contributed by atoms with Gasteiger partial charge in [-0.2, -0.15) is 5.26 Å². The van der Waals surface area contributed by atoms with Crippen molar-refractivity contribution in [3.63, 3.8) is 0 Å². The highest BCUT2D eigenvalue weighted by atomic mass is 15.1. The second-order valence-electron chi connectivity index (χ2n) is 4.11. The zero-order valence-corrected chi connectivity index (χ0v) is 9.28. The van der Waals surface area contributed by atoms with Gasteiger partial charge in [-0.05, 0) is 11.8 Å². The van der Waals surface area contributed by atoms with Crippen LogP contribution in [0.2, 0.25) is 0 Å². The van der Waals surface area contributed by atoms with E-state index in [1.54, 1.807) is 6.33 Å². The molecule has 0 aliphatic rings. The van der Waals surface area contributed by atoms with Gasteiger partial charge in [0.05, 0.1) is 18.1 Å². The maximum atomic E-state index is 8.68. The van der Waals surface area contributed by atoms with Crippen LogP contribution in [0.3, 0.4) is 0 Å². The van der Waals surface area contributed by atoms with Gasteiger partial charge in [0, 0.05) is 5.69 Å². The van der Waals surface area contributed by atoms with Gasteiger partial charge in [0.2, 0.25) is 0 Å². The lowest BCUT2D eigenvalue weighted by Crippen LogP contribution is -2.05. The molecule has 1 aromatic heterocycles. The fourth-order valence-corrected chi connectivity index (χ4v) is 1.68. The molecule has 3 heteroatoms. The standard InChI is InChI=1S/C11H17N3/c1-8(2)10-11(9(3)4)14(6-5-12)7-13-10/h7-9H,6H2,1-4H3. The van der Waals surface area contributed by atoms with Crippen LogP contribution in [-0.2, 0) is 6.54 Å². The van der Waals surface area contributed by atoms with Crippen LogP contribution in [-0.4, -0.2) is 9.55 Å². The first-order chi connectivity index (χ1) is 6.57. The van der Waals surface area contributed by atoms with Crippen molar-refractivity contribution in [3.05, 3.63) is 17.7 Å². The fourth-order valence-electron chi connectivity index (χ4n) is 1.68. The van der Waals surface area contributed by atoms with E-state index >= 15 is 0 Å². The van der Waals surface area contributed by atoms with Crippen molar-refractivity contribution in [2.45, 2.75) is 46.1 Å². The van der Waals surface area contributed by atoms with Crippen LogP contribution in [0.25, 0.3) is 0 Å². The number of nitrogens with zero attached hydrogens (tertiary/aromatic N) is 3. The highest BCUT2D eigenvalue weighted by Crippen LogP contribution is 2.24. The Hall–Kier alpha value is -1.30. The van der Waals surface area contributed by atoms with Gasteiger partial charge in [0.1, 0.15) is 6.54 Å². The highest BCUT2D eigenvalue weighted by Gasteiger charge is 2.16. The molecule has 0 bridgehead atoms. The normalized spacial score (nSPS) is 10.9. The van der Waals surface area contributed by atoms with Crippen molar-refractivity contribution in [1.29, 1.82) is 5.26 Å². The van der Waals surface area contributed by atoms with Gasteiger partial charge in [0.25, 0.3) is 0 Å². The SMILES string of the molecule is CC(C)c1ncn(CC#N)c1C(C)C. The van der Waals surface area contributed by atoms with Gasteiger partial charge in [-0.25, -0.2) is 4.98 Å². The average molecular weight is 191 g/mol. The molecule has 0 N–H and O–H groups in total. The van der Waals surface area contributed by atoms with Crippen LogP contribution in [0.1, 0.15) is 50.9 Å². The summed E-state index contributed by atoms with van der Waals surface area (Å²) >= 11 is 0. The molecule has 3 nitrogen and oxygen atoms in total. The third-order valence-corrected chi connectivity index (χ3v) is 2.24. The zero-order valence-electron chi connectivity index (χ0n) is 9.28. The number of aromatic nitrogens is 2. The Morgan fingerprint density at radius 1 is 1.36 bits per heavy atom. The molecule has 0 amide bonds. The number of imidazole rings is 1. The predicted octanol–water partition coefficient (Wildman–Crippen LogP) is 2.65. The van der Waals surface area contributed by atoms with Crippen LogP contribution < -0.4 is 0 Å². The molecular formula is C11H17N3. The highest BCUT2D eigenvalue weighted by molar-refractivity contribution is 5.20. The Kier molecular flexibility index (Phi) is 3.29. The monoisotopic (exact) mass is 191 g/mol. The van der Waals surface area contributed by atoms with Crippen LogP contribution in [0.5, 0.6) is 0 Å². The third-order valence-electron chi connectivity index (χ3n) is 2.24. The molecule has 0 radical (unpaired) electrons. The van der Waals surface area contributed by atoms with Gasteiger partial charge in [-0.15, -0.1) is 0 Å². The summed E-state index contributed by atoms with van der Waals surface area (Å²) in [5, 5.41) is 8.68. The molecule has 1 heterocycles. The Labute approximate surface area is 85.4 Å². The molecule has 1 rings (SSSR count). The lowest BCUT2D eigenvalue weighted by Gasteiger charge is -2.12. The van der Waals surface area contributed by atoms with E-state index < -0.39 is 0 Å². The van der Waals surface area contributed by atoms with Gasteiger partial charge in [-0.1, -0.05) is 27.7 Å². The van der Waals surface area contributed by atoms with Crippen molar-refractivity contribution in [3.8, 4) is 6.07 Å². The maximum absolute atomic E-state index is 8.68. The molecule has 0 aliphatic carbocycles. The number of hydrogen-bond acceptors (Lipinski definition) is 2. The first-order valence-electron chi connectivity index (χ1n) is 4.99. The van der Waals surface area contributed by atoms with E-state index in [0.29, 0.717) is 18.4 Å². The van der Waals surface area contributed by atoms with Crippen LogP contribution >= 0.6 is 0 Å². The summed E-state index contributed by atoms with van der Waals surface area (Å²) in [4.78, 5) is 4.37. The van der Waals surface area contributed by atoms with Gasteiger partial charge in [-0.3, -0.25) is 0 Å². The summed E-state index contributed by atoms with van der Waals surface area (Å²) in [6.07, 6.45) is 1.77. The molecule has 14 heavy (non-hydrogen) atoms. The first kappa shape index (κ1) is 10.8. The van der Waals surface area contributed by atoms with Crippen LogP contribution in [0.4, 0.5) is 0 Å². The van der Waals surface area contributed by atoms with Gasteiger partial charge < -0.3 is 4.57 Å². The summed E-state index contributed by atoms with van der Waals surface area (Å²) in [5.74, 6) is 0.843. The zero-order chi connectivity index (χ0) is 10.7. The second kappa shape index (κ2) is 4.28. The van der Waals surface area contributed by atoms with E-state index in [4.69, 9.17) is 5.26 Å². The summed E-state index contributed by atoms with van der Waals surface area (Å²) < 4.78 is 1.94. The Morgan fingerprint density at radius 2 is 2.00 bits per heavy atom. The largest absolute Gasteiger partial charge is 0.320 e. The first-order valence-corrected chi connectivity index (χ1v) is 4.99. The van der Waals surface area contributed by atoms with Crippen LogP contribution in [0.15, 0.2) is 6.33 Å². The summed E-state index contributed by atoms with van der Waals surface area (Å²) in [6, 6.07) is 2.15. The van der Waals surface area contributed by atoms with E-state index in [2.05, 4.69) is 38.7 Å². The molecular weight excluding hydrogens is 174 g/mol. The van der Waals surface area contributed by atoms with Crippen molar-refractivity contribution in [1.82, 2.24) is 9.55 Å². The minimum absolute atomic E-state index is 0.396.